The van der Waals surface area contributed by atoms with Crippen molar-refractivity contribution >= 4 is 29.2 Å². The first-order chi connectivity index (χ1) is 17.0. The number of piperidine rings is 1. The molecule has 3 heterocycles. The average Bonchev–Trinajstić information content (AvgIpc) is 3.61. The lowest BCUT2D eigenvalue weighted by Crippen LogP contribution is -2.52. The van der Waals surface area contributed by atoms with Gasteiger partial charge in [0.15, 0.2) is 0 Å². The Labute approximate surface area is 209 Å². The number of nitrogens with zero attached hydrogens (tertiary/aromatic N) is 3. The zero-order valence-electron chi connectivity index (χ0n) is 21.1. The summed E-state index contributed by atoms with van der Waals surface area (Å²) >= 11 is 0. The topological polar surface area (TPSA) is 85.0 Å². The van der Waals surface area contributed by atoms with E-state index in [-0.39, 0.29) is 23.8 Å². The first-order valence-corrected chi connectivity index (χ1v) is 13.5. The van der Waals surface area contributed by atoms with Gasteiger partial charge in [-0.15, -0.1) is 0 Å². The third-order valence-corrected chi connectivity index (χ3v) is 7.50. The molecule has 192 valence electrons. The van der Waals surface area contributed by atoms with Crippen molar-refractivity contribution in [3.05, 3.63) is 24.3 Å². The van der Waals surface area contributed by atoms with Crippen LogP contribution in [0.5, 0.6) is 0 Å². The second-order valence-corrected chi connectivity index (χ2v) is 10.2. The van der Waals surface area contributed by atoms with Crippen molar-refractivity contribution in [2.75, 3.05) is 49.5 Å². The largest absolute Gasteiger partial charge is 0.371 e. The van der Waals surface area contributed by atoms with Gasteiger partial charge in [-0.2, -0.15) is 0 Å². The Kier molecular flexibility index (Phi) is 8.88. The fourth-order valence-corrected chi connectivity index (χ4v) is 5.43. The standard InChI is InChI=1S/C27H41N5O3/c1-2-3-13-24(26(34)28-22-11-8-12-23(19-22)30-14-4-5-15-30)29-25(33)21-10-9-18-32(20-21)27(35)31-16-6-7-17-31/h8,11-12,19,21,24H,2-7,9-10,13-18,20H2,1H3,(H,28,34)(H,29,33)/t21-,24-/m1/s1. The Morgan fingerprint density at radius 3 is 2.43 bits per heavy atom. The van der Waals surface area contributed by atoms with Crippen molar-refractivity contribution in [3.8, 4) is 0 Å². The molecule has 4 rings (SSSR count). The summed E-state index contributed by atoms with van der Waals surface area (Å²) in [7, 11) is 0. The van der Waals surface area contributed by atoms with Crippen LogP contribution in [0.15, 0.2) is 24.3 Å². The molecule has 3 aliphatic heterocycles. The second-order valence-electron chi connectivity index (χ2n) is 10.2. The first-order valence-electron chi connectivity index (χ1n) is 13.5. The quantitative estimate of drug-likeness (QED) is 0.589. The maximum Gasteiger partial charge on any atom is 0.320 e. The number of benzene rings is 1. The SMILES string of the molecule is CCCC[C@@H](NC(=O)[C@@H]1CCCN(C(=O)N2CCCC2)C1)C(=O)Nc1cccc(N2CCCC2)c1. The van der Waals surface area contributed by atoms with Crippen molar-refractivity contribution in [3.63, 3.8) is 0 Å². The van der Waals surface area contributed by atoms with E-state index >= 15 is 0 Å². The molecule has 8 nitrogen and oxygen atoms in total. The molecule has 0 spiro atoms. The zero-order chi connectivity index (χ0) is 24.6. The number of hydrogen-bond acceptors (Lipinski definition) is 4. The van der Waals surface area contributed by atoms with Crippen LogP contribution in [0.4, 0.5) is 16.2 Å². The van der Waals surface area contributed by atoms with Crippen LogP contribution >= 0.6 is 0 Å². The fraction of sp³-hybridized carbons (Fsp3) is 0.667. The number of carbonyl (C=O) groups excluding carboxylic acids is 3. The molecule has 35 heavy (non-hydrogen) atoms. The van der Waals surface area contributed by atoms with Gasteiger partial charge in [0.05, 0.1) is 5.92 Å². The van der Waals surface area contributed by atoms with Gasteiger partial charge < -0.3 is 25.3 Å². The molecule has 2 N–H and O–H groups in total. The third kappa shape index (κ3) is 6.67. The maximum absolute atomic E-state index is 13.2. The molecule has 0 radical (unpaired) electrons. The lowest BCUT2D eigenvalue weighted by Gasteiger charge is -2.35. The summed E-state index contributed by atoms with van der Waals surface area (Å²) in [6.07, 6.45) is 8.47. The molecule has 8 heteroatoms. The summed E-state index contributed by atoms with van der Waals surface area (Å²) in [5.74, 6) is -0.567. The van der Waals surface area contributed by atoms with Gasteiger partial charge in [0.2, 0.25) is 11.8 Å². The summed E-state index contributed by atoms with van der Waals surface area (Å²) < 4.78 is 0. The number of anilines is 2. The van der Waals surface area contributed by atoms with Crippen LogP contribution < -0.4 is 15.5 Å². The predicted molar refractivity (Wildman–Crippen MR) is 138 cm³/mol. The van der Waals surface area contributed by atoms with Crippen LogP contribution in [0.25, 0.3) is 0 Å². The van der Waals surface area contributed by atoms with Crippen LogP contribution in [0.1, 0.15) is 64.7 Å². The fourth-order valence-electron chi connectivity index (χ4n) is 5.43. The molecule has 2 atom stereocenters. The highest BCUT2D eigenvalue weighted by Gasteiger charge is 2.33. The molecule has 0 aliphatic carbocycles. The van der Waals surface area contributed by atoms with Gasteiger partial charge in [-0.05, 0) is 63.1 Å². The van der Waals surface area contributed by atoms with Crippen LogP contribution in [-0.4, -0.2) is 73.0 Å². The van der Waals surface area contributed by atoms with Gasteiger partial charge in [0.25, 0.3) is 0 Å². The molecule has 1 aromatic carbocycles. The van der Waals surface area contributed by atoms with Gasteiger partial charge in [0, 0.05) is 50.6 Å². The number of likely N-dealkylation sites (tertiary alicyclic amines) is 2. The summed E-state index contributed by atoms with van der Waals surface area (Å²) in [4.78, 5) is 45.3. The number of rotatable bonds is 8. The summed E-state index contributed by atoms with van der Waals surface area (Å²) in [6.45, 7) is 6.93. The average molecular weight is 484 g/mol. The van der Waals surface area contributed by atoms with Gasteiger partial charge in [0.1, 0.15) is 6.04 Å². The first kappa shape index (κ1) is 25.3. The van der Waals surface area contributed by atoms with E-state index in [4.69, 9.17) is 0 Å². The van der Waals surface area contributed by atoms with Crippen LogP contribution in [0, 0.1) is 5.92 Å². The van der Waals surface area contributed by atoms with Crippen molar-refractivity contribution < 1.29 is 14.4 Å². The molecule has 0 unspecified atom stereocenters. The van der Waals surface area contributed by atoms with E-state index in [1.54, 1.807) is 0 Å². The monoisotopic (exact) mass is 483 g/mol. The number of nitrogens with one attached hydrogen (secondary N) is 2. The zero-order valence-corrected chi connectivity index (χ0v) is 21.1. The van der Waals surface area contributed by atoms with E-state index < -0.39 is 6.04 Å². The Morgan fingerprint density at radius 2 is 1.69 bits per heavy atom. The predicted octanol–water partition coefficient (Wildman–Crippen LogP) is 3.83. The van der Waals surface area contributed by atoms with E-state index in [1.165, 1.54) is 12.8 Å². The lowest BCUT2D eigenvalue weighted by molar-refractivity contribution is -0.130. The summed E-state index contributed by atoms with van der Waals surface area (Å²) in [6, 6.07) is 7.44. The van der Waals surface area contributed by atoms with E-state index in [2.05, 4.69) is 28.5 Å². The van der Waals surface area contributed by atoms with Crippen molar-refractivity contribution in [2.24, 2.45) is 5.92 Å². The molecular weight excluding hydrogens is 442 g/mol. The highest BCUT2D eigenvalue weighted by Crippen LogP contribution is 2.24. The van der Waals surface area contributed by atoms with Gasteiger partial charge >= 0.3 is 6.03 Å². The van der Waals surface area contributed by atoms with Gasteiger partial charge in [-0.3, -0.25) is 9.59 Å². The number of unbranched alkanes of at least 4 members (excludes halogenated alkanes) is 1. The minimum absolute atomic E-state index is 0.0539. The minimum Gasteiger partial charge on any atom is -0.371 e. The normalized spacial score (nSPS) is 21.2. The Bertz CT molecular complexity index is 879. The highest BCUT2D eigenvalue weighted by molar-refractivity contribution is 5.97. The van der Waals surface area contributed by atoms with Crippen LogP contribution in [0.2, 0.25) is 0 Å². The Hall–Kier alpha value is -2.77. The van der Waals surface area contributed by atoms with Crippen molar-refractivity contribution in [2.45, 2.75) is 70.8 Å². The third-order valence-electron chi connectivity index (χ3n) is 7.50. The molecule has 0 bridgehead atoms. The van der Waals surface area contributed by atoms with Crippen molar-refractivity contribution in [1.82, 2.24) is 15.1 Å². The molecule has 0 saturated carbocycles. The summed E-state index contributed by atoms with van der Waals surface area (Å²) in [5, 5.41) is 6.06. The molecule has 0 aromatic heterocycles. The van der Waals surface area contributed by atoms with E-state index in [0.717, 1.165) is 76.1 Å². The maximum atomic E-state index is 13.2. The lowest BCUT2D eigenvalue weighted by atomic mass is 9.96. The molecule has 3 saturated heterocycles. The number of amides is 4. The molecule has 3 fully saturated rings. The molecular formula is C27H41N5O3. The smallest absolute Gasteiger partial charge is 0.320 e. The van der Waals surface area contributed by atoms with Crippen LogP contribution in [-0.2, 0) is 9.59 Å². The molecule has 1 aromatic rings. The van der Waals surface area contributed by atoms with Crippen molar-refractivity contribution in [1.29, 1.82) is 0 Å². The Morgan fingerprint density at radius 1 is 0.971 bits per heavy atom. The van der Waals surface area contributed by atoms with Crippen LogP contribution in [0.3, 0.4) is 0 Å². The van der Waals surface area contributed by atoms with Gasteiger partial charge in [-0.1, -0.05) is 25.8 Å². The Balaban J connectivity index is 1.36. The van der Waals surface area contributed by atoms with E-state index in [0.29, 0.717) is 19.5 Å². The summed E-state index contributed by atoms with van der Waals surface area (Å²) in [5.41, 5.74) is 1.88. The highest BCUT2D eigenvalue weighted by atomic mass is 16.2. The number of carbonyl (C=O) groups is 3. The van der Waals surface area contributed by atoms with E-state index in [9.17, 15) is 14.4 Å². The number of urea groups is 1. The minimum atomic E-state index is -0.581. The van der Waals surface area contributed by atoms with E-state index in [1.807, 2.05) is 28.0 Å². The van der Waals surface area contributed by atoms with Gasteiger partial charge in [-0.25, -0.2) is 4.79 Å². The molecule has 3 aliphatic rings. The second kappa shape index (κ2) is 12.3. The molecule has 4 amide bonds. The number of hydrogen-bond donors (Lipinski definition) is 2.